The molecule has 8 amide bonds. The molecule has 8 N–H and O–H groups in total. The van der Waals surface area contributed by atoms with Crippen molar-refractivity contribution in [3.8, 4) is 0 Å². The lowest BCUT2D eigenvalue weighted by atomic mass is 9.95. The number of nitrogens with zero attached hydrogens (tertiary/aromatic N) is 3. The quantitative estimate of drug-likeness (QED) is 0.0629. The summed E-state index contributed by atoms with van der Waals surface area (Å²) in [5.41, 5.74) is 6.88. The van der Waals surface area contributed by atoms with E-state index in [1.54, 1.807) is 70.2 Å². The van der Waals surface area contributed by atoms with Crippen molar-refractivity contribution in [1.29, 1.82) is 0 Å². The highest BCUT2D eigenvalue weighted by molar-refractivity contribution is 5.96. The van der Waals surface area contributed by atoms with Crippen molar-refractivity contribution in [2.45, 2.75) is 147 Å². The summed E-state index contributed by atoms with van der Waals surface area (Å²) >= 11 is 0. The molecule has 386 valence electrons. The molecule has 20 heteroatoms. The number of ether oxygens (including phenoxy) is 1. The SMILES string of the molecule is CC[C@@H](C)[C@H](NC(=O)C[C@H](O)[C@H](Cc1ccccc1)NC(=O)[C@H](CCC(N)=O)N(C)C(=O)[C@@H](NC(=O)[C@H](C)O)C(C)C)C(=O)N[C@@H](C)C(=O)N(C)[C@@H](Cc1ccccc1)C(=O)N1CCC[C@H]1C(=O)OC. The van der Waals surface area contributed by atoms with E-state index in [4.69, 9.17) is 10.5 Å². The number of hydrogen-bond donors (Lipinski definition) is 7. The molecule has 20 nitrogen and oxygen atoms in total. The first-order valence-corrected chi connectivity index (χ1v) is 23.9. The van der Waals surface area contributed by atoms with Crippen LogP contribution in [-0.2, 0) is 60.7 Å². The van der Waals surface area contributed by atoms with Crippen LogP contribution < -0.4 is 27.0 Å². The molecule has 0 saturated carbocycles. The Bertz CT molecular complexity index is 2110. The van der Waals surface area contributed by atoms with Crippen LogP contribution in [0.15, 0.2) is 60.7 Å². The molecule has 0 aromatic heterocycles. The van der Waals surface area contributed by atoms with Crippen LogP contribution in [-0.4, -0.2) is 160 Å². The summed E-state index contributed by atoms with van der Waals surface area (Å²) < 4.78 is 4.96. The van der Waals surface area contributed by atoms with Gasteiger partial charge in [0.05, 0.1) is 25.7 Å². The minimum absolute atomic E-state index is 0.0115. The van der Waals surface area contributed by atoms with Crippen molar-refractivity contribution >= 4 is 53.2 Å². The highest BCUT2D eigenvalue weighted by Crippen LogP contribution is 2.23. The molecule has 2 aromatic carbocycles. The second-order valence-corrected chi connectivity index (χ2v) is 18.5. The Labute approximate surface area is 410 Å². The first kappa shape index (κ1) is 57.9. The predicted molar refractivity (Wildman–Crippen MR) is 259 cm³/mol. The number of nitrogens with one attached hydrogen (secondary N) is 4. The van der Waals surface area contributed by atoms with Crippen molar-refractivity contribution in [3.63, 3.8) is 0 Å². The van der Waals surface area contributed by atoms with Gasteiger partial charge in [-0.05, 0) is 62.5 Å². The van der Waals surface area contributed by atoms with Gasteiger partial charge in [0.1, 0.15) is 42.4 Å². The first-order valence-electron chi connectivity index (χ1n) is 23.9. The number of carbonyl (C=O) groups is 9. The van der Waals surface area contributed by atoms with Gasteiger partial charge in [0.15, 0.2) is 0 Å². The zero-order chi connectivity index (χ0) is 52.4. The van der Waals surface area contributed by atoms with Gasteiger partial charge < -0.3 is 56.7 Å². The van der Waals surface area contributed by atoms with E-state index < -0.39 is 126 Å². The second-order valence-electron chi connectivity index (χ2n) is 18.5. The average Bonchev–Trinajstić information content (AvgIpc) is 3.83. The molecule has 1 fully saturated rings. The summed E-state index contributed by atoms with van der Waals surface area (Å²) in [6.45, 7) is 9.85. The fourth-order valence-corrected chi connectivity index (χ4v) is 8.29. The largest absolute Gasteiger partial charge is 0.467 e. The lowest BCUT2D eigenvalue weighted by Gasteiger charge is -2.34. The van der Waals surface area contributed by atoms with E-state index >= 15 is 0 Å². The molecule has 0 spiro atoms. The maximum atomic E-state index is 14.2. The van der Waals surface area contributed by atoms with Crippen LogP contribution >= 0.6 is 0 Å². The number of nitrogens with two attached hydrogens (primary N) is 1. The fraction of sp³-hybridized carbons (Fsp3) is 0.580. The van der Waals surface area contributed by atoms with Gasteiger partial charge >= 0.3 is 5.97 Å². The lowest BCUT2D eigenvalue weighted by molar-refractivity contribution is -0.154. The molecule has 0 aliphatic carbocycles. The van der Waals surface area contributed by atoms with Gasteiger partial charge in [-0.15, -0.1) is 0 Å². The van der Waals surface area contributed by atoms with Gasteiger partial charge in [0.2, 0.25) is 47.3 Å². The van der Waals surface area contributed by atoms with Crippen molar-refractivity contribution in [1.82, 2.24) is 36.0 Å². The molecule has 1 aliphatic rings. The van der Waals surface area contributed by atoms with Crippen LogP contribution in [0.4, 0.5) is 0 Å². The number of methoxy groups -OCH3 is 1. The summed E-state index contributed by atoms with van der Waals surface area (Å²) in [6, 6.07) is 9.95. The number of amides is 8. The molecule has 0 radical (unpaired) electrons. The van der Waals surface area contributed by atoms with Gasteiger partial charge in [-0.1, -0.05) is 94.8 Å². The summed E-state index contributed by atoms with van der Waals surface area (Å²) in [4.78, 5) is 125. The van der Waals surface area contributed by atoms with E-state index in [9.17, 15) is 53.4 Å². The van der Waals surface area contributed by atoms with E-state index in [-0.39, 0.29) is 25.7 Å². The summed E-state index contributed by atoms with van der Waals surface area (Å²) in [6.07, 6.45) is -2.60. The monoisotopic (exact) mass is 979 g/mol. The van der Waals surface area contributed by atoms with Crippen molar-refractivity contribution < 1.29 is 58.1 Å². The Balaban J connectivity index is 1.84. The van der Waals surface area contributed by atoms with Crippen LogP contribution in [0.2, 0.25) is 0 Å². The molecule has 0 unspecified atom stereocenters. The molecule has 70 heavy (non-hydrogen) atoms. The predicted octanol–water partition coefficient (Wildman–Crippen LogP) is 0.348. The topological polar surface area (TPSA) is 287 Å². The van der Waals surface area contributed by atoms with E-state index in [1.807, 2.05) is 18.2 Å². The van der Waals surface area contributed by atoms with Gasteiger partial charge in [0.25, 0.3) is 0 Å². The van der Waals surface area contributed by atoms with Crippen LogP contribution in [0.25, 0.3) is 0 Å². The molecule has 2 aromatic rings. The third-order valence-electron chi connectivity index (χ3n) is 12.8. The third-order valence-corrected chi connectivity index (χ3v) is 12.8. The Morgan fingerprint density at radius 2 is 1.31 bits per heavy atom. The normalized spacial score (nSPS) is 17.3. The first-order chi connectivity index (χ1) is 33.0. The number of aliphatic hydroxyl groups is 2. The van der Waals surface area contributed by atoms with Gasteiger partial charge in [-0.2, -0.15) is 0 Å². The van der Waals surface area contributed by atoms with Gasteiger partial charge in [-0.3, -0.25) is 38.4 Å². The average molecular weight is 979 g/mol. The number of primary amides is 1. The van der Waals surface area contributed by atoms with Crippen LogP contribution in [0, 0.1) is 11.8 Å². The number of benzene rings is 2. The molecule has 1 aliphatic heterocycles. The Hall–Kier alpha value is -6.41. The zero-order valence-electron chi connectivity index (χ0n) is 41.9. The van der Waals surface area contributed by atoms with Crippen LogP contribution in [0.3, 0.4) is 0 Å². The van der Waals surface area contributed by atoms with E-state index in [0.717, 1.165) is 10.5 Å². The van der Waals surface area contributed by atoms with Crippen LogP contribution in [0.1, 0.15) is 91.2 Å². The summed E-state index contributed by atoms with van der Waals surface area (Å²) in [7, 11) is 4.02. The summed E-state index contributed by atoms with van der Waals surface area (Å²) in [5, 5.41) is 32.2. The van der Waals surface area contributed by atoms with E-state index in [1.165, 1.54) is 44.9 Å². The smallest absolute Gasteiger partial charge is 0.328 e. The fourth-order valence-electron chi connectivity index (χ4n) is 8.29. The van der Waals surface area contributed by atoms with Crippen molar-refractivity contribution in [2.75, 3.05) is 27.7 Å². The molecular formula is C50H74N8O12. The molecule has 0 bridgehead atoms. The summed E-state index contributed by atoms with van der Waals surface area (Å²) in [5.74, 6) is -7.07. The number of carbonyl (C=O) groups excluding carboxylic acids is 9. The van der Waals surface area contributed by atoms with Crippen LogP contribution in [0.5, 0.6) is 0 Å². The number of esters is 1. The second kappa shape index (κ2) is 27.7. The minimum atomic E-state index is -1.57. The van der Waals surface area contributed by atoms with Crippen molar-refractivity contribution in [3.05, 3.63) is 71.8 Å². The lowest BCUT2D eigenvalue weighted by Crippen LogP contribution is -2.59. The molecule has 3 rings (SSSR count). The highest BCUT2D eigenvalue weighted by atomic mass is 16.5. The number of likely N-dealkylation sites (tertiary alicyclic amines) is 1. The molecule has 1 heterocycles. The van der Waals surface area contributed by atoms with Crippen molar-refractivity contribution in [2.24, 2.45) is 17.6 Å². The molecule has 10 atom stereocenters. The molecule has 1 saturated heterocycles. The minimum Gasteiger partial charge on any atom is -0.467 e. The Kier molecular flexibility index (Phi) is 22.9. The number of likely N-dealkylation sites (N-methyl/N-ethyl adjacent to an activating group) is 2. The van der Waals surface area contributed by atoms with E-state index in [2.05, 4.69) is 21.3 Å². The number of rotatable bonds is 26. The Morgan fingerprint density at radius 3 is 1.84 bits per heavy atom. The maximum absolute atomic E-state index is 14.2. The Morgan fingerprint density at radius 1 is 0.743 bits per heavy atom. The number of hydrogen-bond acceptors (Lipinski definition) is 12. The van der Waals surface area contributed by atoms with E-state index in [0.29, 0.717) is 31.4 Å². The molecular weight excluding hydrogens is 905 g/mol. The van der Waals surface area contributed by atoms with Gasteiger partial charge in [-0.25, -0.2) is 4.79 Å². The third kappa shape index (κ3) is 16.6. The van der Waals surface area contributed by atoms with Gasteiger partial charge in [0, 0.05) is 33.5 Å². The number of aliphatic hydroxyl groups excluding tert-OH is 2. The zero-order valence-corrected chi connectivity index (χ0v) is 41.9. The maximum Gasteiger partial charge on any atom is 0.328 e. The highest BCUT2D eigenvalue weighted by Gasteiger charge is 2.42. The standard InChI is InChI=1S/C50H74N8O12/c1-10-30(4)43(46(65)52-31(5)47(66)57(8)38(27-34-20-15-12-16-21-34)48(67)58-25-17-22-37(58)50(69)70-9)54-41(62)28-39(60)35(26-33-18-13-11-14-19-33)53-45(64)36(23-24-40(51)61)56(7)49(68)42(29(2)3)55-44(63)32(6)59/h11-16,18-21,29-32,35-39,42-43,59-60H,10,17,22-28H2,1-9H3,(H2,51,61)(H,52,65)(H,53,64)(H,54,62)(H,55,63)/t30-,31+,32+,35+,36+,37+,38+,39+,42+,43+/m1/s1.